The van der Waals surface area contributed by atoms with E-state index in [2.05, 4.69) is 5.32 Å². The van der Waals surface area contributed by atoms with Gasteiger partial charge in [0.1, 0.15) is 11.8 Å². The Morgan fingerprint density at radius 2 is 1.69 bits per heavy atom. The number of sulfonamides is 1. The second kappa shape index (κ2) is 9.31. The van der Waals surface area contributed by atoms with Crippen molar-refractivity contribution in [3.8, 4) is 5.75 Å². The molecule has 0 aliphatic carbocycles. The summed E-state index contributed by atoms with van der Waals surface area (Å²) in [6.45, 7) is 7.83. The topological polar surface area (TPSA) is 75.7 Å². The lowest BCUT2D eigenvalue weighted by Gasteiger charge is -2.33. The smallest absolute Gasteiger partial charge is 0.244 e. The number of nitrogens with zero attached hydrogens (tertiary/aromatic N) is 1. The Hall–Kier alpha value is -2.54. The lowest BCUT2D eigenvalue weighted by Crippen LogP contribution is -2.54. The molecule has 2 aromatic carbocycles. The molecule has 0 bridgehead atoms. The molecule has 0 saturated carbocycles. The van der Waals surface area contributed by atoms with Gasteiger partial charge in [-0.05, 0) is 63.9 Å². The first-order valence-corrected chi connectivity index (χ1v) is 11.5. The highest BCUT2D eigenvalue weighted by Crippen LogP contribution is 2.24. The maximum Gasteiger partial charge on any atom is 0.244 e. The van der Waals surface area contributed by atoms with Gasteiger partial charge in [0, 0.05) is 5.54 Å². The zero-order chi connectivity index (χ0) is 21.7. The summed E-state index contributed by atoms with van der Waals surface area (Å²) in [5.41, 5.74) is 0.978. The van der Waals surface area contributed by atoms with Crippen LogP contribution in [-0.4, -0.2) is 38.8 Å². The first-order chi connectivity index (χ1) is 13.5. The molecule has 1 unspecified atom stereocenters. The third-order valence-electron chi connectivity index (χ3n) is 4.44. The molecule has 0 fully saturated rings. The number of ether oxygens (including phenoxy) is 1. The van der Waals surface area contributed by atoms with Gasteiger partial charge in [-0.25, -0.2) is 8.42 Å². The SMILES string of the molecule is CCOc1ccc(N(C(C)C(=O)NC(C)(C)Cc2ccccc2)S(C)(=O)=O)cc1. The van der Waals surface area contributed by atoms with Gasteiger partial charge in [-0.15, -0.1) is 0 Å². The van der Waals surface area contributed by atoms with Crippen LogP contribution in [0.1, 0.15) is 33.3 Å². The fraction of sp³-hybridized carbons (Fsp3) is 0.409. The van der Waals surface area contributed by atoms with Crippen LogP contribution in [0.2, 0.25) is 0 Å². The maximum atomic E-state index is 12.9. The summed E-state index contributed by atoms with van der Waals surface area (Å²) in [4.78, 5) is 12.9. The average Bonchev–Trinajstić information content (AvgIpc) is 2.62. The molecule has 1 N–H and O–H groups in total. The van der Waals surface area contributed by atoms with Crippen molar-refractivity contribution in [3.05, 3.63) is 60.2 Å². The summed E-state index contributed by atoms with van der Waals surface area (Å²) in [6.07, 6.45) is 1.73. The van der Waals surface area contributed by atoms with E-state index >= 15 is 0 Å². The summed E-state index contributed by atoms with van der Waals surface area (Å²) in [6, 6.07) is 15.6. The zero-order valence-corrected chi connectivity index (χ0v) is 18.5. The Kier molecular flexibility index (Phi) is 7.30. The number of carbonyl (C=O) groups is 1. The third kappa shape index (κ3) is 6.49. The van der Waals surface area contributed by atoms with E-state index in [1.807, 2.05) is 51.1 Å². The van der Waals surface area contributed by atoms with Crippen molar-refractivity contribution in [2.45, 2.75) is 45.7 Å². The highest BCUT2D eigenvalue weighted by molar-refractivity contribution is 7.92. The van der Waals surface area contributed by atoms with Crippen molar-refractivity contribution >= 4 is 21.6 Å². The monoisotopic (exact) mass is 418 g/mol. The minimum Gasteiger partial charge on any atom is -0.494 e. The first kappa shape index (κ1) is 22.7. The summed E-state index contributed by atoms with van der Waals surface area (Å²) in [7, 11) is -3.67. The molecule has 7 heteroatoms. The Balaban J connectivity index is 2.20. The molecule has 1 amide bonds. The second-order valence-electron chi connectivity index (χ2n) is 7.70. The van der Waals surface area contributed by atoms with E-state index in [1.165, 1.54) is 0 Å². The molecule has 0 spiro atoms. The Labute approximate surface area is 173 Å². The van der Waals surface area contributed by atoms with Gasteiger partial charge < -0.3 is 10.1 Å². The molecule has 6 nitrogen and oxygen atoms in total. The lowest BCUT2D eigenvalue weighted by atomic mass is 9.94. The van der Waals surface area contributed by atoms with Gasteiger partial charge in [0.25, 0.3) is 0 Å². The molecule has 158 valence electrons. The molecule has 2 aromatic rings. The summed E-state index contributed by atoms with van der Waals surface area (Å²) >= 11 is 0. The molecule has 0 aliphatic heterocycles. The van der Waals surface area contributed by atoms with E-state index in [0.717, 1.165) is 16.1 Å². The summed E-state index contributed by atoms with van der Waals surface area (Å²) in [5, 5.41) is 2.99. The van der Waals surface area contributed by atoms with Gasteiger partial charge in [0.15, 0.2) is 0 Å². The van der Waals surface area contributed by atoms with Crippen LogP contribution < -0.4 is 14.4 Å². The van der Waals surface area contributed by atoms with Gasteiger partial charge in [0.2, 0.25) is 15.9 Å². The van der Waals surface area contributed by atoms with Crippen LogP contribution in [0.25, 0.3) is 0 Å². The normalized spacial score (nSPS) is 12.9. The van der Waals surface area contributed by atoms with Gasteiger partial charge in [0.05, 0.1) is 18.6 Å². The van der Waals surface area contributed by atoms with E-state index in [4.69, 9.17) is 4.74 Å². The highest BCUT2D eigenvalue weighted by Gasteiger charge is 2.32. The Morgan fingerprint density at radius 3 is 2.21 bits per heavy atom. The fourth-order valence-corrected chi connectivity index (χ4v) is 4.43. The van der Waals surface area contributed by atoms with Gasteiger partial charge in [-0.3, -0.25) is 9.10 Å². The van der Waals surface area contributed by atoms with Crippen molar-refractivity contribution in [1.29, 1.82) is 0 Å². The largest absolute Gasteiger partial charge is 0.494 e. The lowest BCUT2D eigenvalue weighted by molar-refractivity contribution is -0.123. The van der Waals surface area contributed by atoms with Crippen molar-refractivity contribution in [2.75, 3.05) is 17.2 Å². The number of hydrogen-bond donors (Lipinski definition) is 1. The molecule has 0 radical (unpaired) electrons. The molecule has 0 aromatic heterocycles. The average molecular weight is 419 g/mol. The minimum absolute atomic E-state index is 0.356. The van der Waals surface area contributed by atoms with Crippen molar-refractivity contribution in [1.82, 2.24) is 5.32 Å². The number of rotatable bonds is 9. The van der Waals surface area contributed by atoms with E-state index in [1.54, 1.807) is 31.2 Å². The standard InChI is InChI=1S/C22H30N2O4S/c1-6-28-20-14-12-19(13-15-20)24(29(5,26)27)17(2)21(25)23-22(3,4)16-18-10-8-7-9-11-18/h7-15,17H,6,16H2,1-5H3,(H,23,25). The van der Waals surface area contributed by atoms with Crippen molar-refractivity contribution in [2.24, 2.45) is 0 Å². The molecule has 0 heterocycles. The summed E-state index contributed by atoms with van der Waals surface area (Å²) in [5.74, 6) is 0.288. The third-order valence-corrected chi connectivity index (χ3v) is 5.68. The van der Waals surface area contributed by atoms with Crippen LogP contribution in [0.15, 0.2) is 54.6 Å². The molecule has 0 saturated heterocycles. The molecular formula is C22H30N2O4S. The van der Waals surface area contributed by atoms with E-state index < -0.39 is 21.6 Å². The van der Waals surface area contributed by atoms with Crippen LogP contribution in [0.4, 0.5) is 5.69 Å². The van der Waals surface area contributed by atoms with Crippen LogP contribution in [0, 0.1) is 0 Å². The maximum absolute atomic E-state index is 12.9. The van der Waals surface area contributed by atoms with E-state index in [9.17, 15) is 13.2 Å². The van der Waals surface area contributed by atoms with Gasteiger partial charge in [-0.2, -0.15) is 0 Å². The zero-order valence-electron chi connectivity index (χ0n) is 17.7. The number of carbonyl (C=O) groups excluding carboxylic acids is 1. The van der Waals surface area contributed by atoms with Crippen LogP contribution in [-0.2, 0) is 21.2 Å². The minimum atomic E-state index is -3.67. The number of amides is 1. The number of hydrogen-bond acceptors (Lipinski definition) is 4. The molecule has 1 atom stereocenters. The Morgan fingerprint density at radius 1 is 1.10 bits per heavy atom. The second-order valence-corrected chi connectivity index (χ2v) is 9.56. The van der Waals surface area contributed by atoms with Crippen LogP contribution >= 0.6 is 0 Å². The van der Waals surface area contributed by atoms with Gasteiger partial charge >= 0.3 is 0 Å². The van der Waals surface area contributed by atoms with E-state index in [-0.39, 0.29) is 5.91 Å². The molecular weight excluding hydrogens is 388 g/mol. The number of benzene rings is 2. The van der Waals surface area contributed by atoms with Crippen LogP contribution in [0.3, 0.4) is 0 Å². The first-order valence-electron chi connectivity index (χ1n) is 9.62. The summed E-state index contributed by atoms with van der Waals surface area (Å²) < 4.78 is 31.5. The number of anilines is 1. The van der Waals surface area contributed by atoms with Crippen LogP contribution in [0.5, 0.6) is 5.75 Å². The predicted octanol–water partition coefficient (Wildman–Crippen LogP) is 3.38. The van der Waals surface area contributed by atoms with E-state index in [0.29, 0.717) is 24.5 Å². The molecule has 2 rings (SSSR count). The highest BCUT2D eigenvalue weighted by atomic mass is 32.2. The van der Waals surface area contributed by atoms with Crippen molar-refractivity contribution in [3.63, 3.8) is 0 Å². The Bertz CT molecular complexity index is 910. The molecule has 29 heavy (non-hydrogen) atoms. The van der Waals surface area contributed by atoms with Gasteiger partial charge in [-0.1, -0.05) is 30.3 Å². The number of nitrogens with one attached hydrogen (secondary N) is 1. The van der Waals surface area contributed by atoms with Crippen molar-refractivity contribution < 1.29 is 17.9 Å². The predicted molar refractivity (Wildman–Crippen MR) is 117 cm³/mol. The fourth-order valence-electron chi connectivity index (χ4n) is 3.25. The molecule has 0 aliphatic rings. The quantitative estimate of drug-likeness (QED) is 0.677.